The lowest BCUT2D eigenvalue weighted by atomic mass is 10.3. The highest BCUT2D eigenvalue weighted by atomic mass is 79.9. The standard InChI is InChI=1S/C8H10N2O.BrH/c1-2-10-5-3-4-7(6-10)8(9)11;/h3-6H,2H2,1H3,(H-,9,11);1H. The van der Waals surface area contributed by atoms with Gasteiger partial charge in [-0.05, 0) is 13.0 Å². The van der Waals surface area contributed by atoms with Gasteiger partial charge in [-0.3, -0.25) is 4.79 Å². The van der Waals surface area contributed by atoms with E-state index in [9.17, 15) is 4.79 Å². The van der Waals surface area contributed by atoms with Crippen LogP contribution in [0.1, 0.15) is 17.3 Å². The Kier molecular flexibility index (Phi) is 4.51. The fourth-order valence-electron chi connectivity index (χ4n) is 0.864. The van der Waals surface area contributed by atoms with E-state index in [1.807, 2.05) is 23.8 Å². The van der Waals surface area contributed by atoms with Crippen LogP contribution in [0.3, 0.4) is 0 Å². The lowest BCUT2D eigenvalue weighted by molar-refractivity contribution is -0.693. The van der Waals surface area contributed by atoms with Gasteiger partial charge in [0.1, 0.15) is 12.1 Å². The number of primary amides is 1. The molecule has 0 saturated heterocycles. The van der Waals surface area contributed by atoms with E-state index < -0.39 is 0 Å². The van der Waals surface area contributed by atoms with Crippen molar-refractivity contribution in [1.82, 2.24) is 0 Å². The third-order valence-electron chi connectivity index (χ3n) is 1.51. The van der Waals surface area contributed by atoms with Crippen molar-refractivity contribution in [3.05, 3.63) is 30.1 Å². The van der Waals surface area contributed by atoms with Crippen LogP contribution in [-0.2, 0) is 6.54 Å². The molecule has 0 unspecified atom stereocenters. The molecule has 0 bridgehead atoms. The van der Waals surface area contributed by atoms with Gasteiger partial charge >= 0.3 is 0 Å². The maximum atomic E-state index is 10.7. The number of rotatable bonds is 2. The SMILES string of the molecule is CC[n+]1cccc(C(N)=O)c1.[Br-]. The zero-order valence-electron chi connectivity index (χ0n) is 6.83. The molecule has 1 rings (SSSR count). The first-order valence-corrected chi connectivity index (χ1v) is 3.53. The van der Waals surface area contributed by atoms with Crippen molar-refractivity contribution in [1.29, 1.82) is 0 Å². The number of carbonyl (C=O) groups excluding carboxylic acids is 1. The van der Waals surface area contributed by atoms with Gasteiger partial charge in [0.25, 0.3) is 5.91 Å². The Morgan fingerprint density at radius 1 is 1.67 bits per heavy atom. The van der Waals surface area contributed by atoms with Crippen LogP contribution in [-0.4, -0.2) is 5.91 Å². The molecule has 0 aliphatic carbocycles. The molecule has 3 nitrogen and oxygen atoms in total. The second-order valence-corrected chi connectivity index (χ2v) is 2.29. The van der Waals surface area contributed by atoms with E-state index in [2.05, 4.69) is 0 Å². The van der Waals surface area contributed by atoms with Crippen LogP contribution in [0.2, 0.25) is 0 Å². The van der Waals surface area contributed by atoms with Crippen LogP contribution in [0.25, 0.3) is 0 Å². The molecule has 0 spiro atoms. The maximum absolute atomic E-state index is 10.7. The highest BCUT2D eigenvalue weighted by molar-refractivity contribution is 5.92. The van der Waals surface area contributed by atoms with Gasteiger partial charge in [-0.2, -0.15) is 0 Å². The summed E-state index contributed by atoms with van der Waals surface area (Å²) in [6.45, 7) is 2.85. The molecule has 0 aliphatic rings. The van der Waals surface area contributed by atoms with Gasteiger partial charge in [-0.1, -0.05) is 0 Å². The average Bonchev–Trinajstić information content (AvgIpc) is 2.05. The first-order chi connectivity index (χ1) is 5.24. The second-order valence-electron chi connectivity index (χ2n) is 2.29. The average molecular weight is 231 g/mol. The van der Waals surface area contributed by atoms with Crippen molar-refractivity contribution in [2.24, 2.45) is 5.73 Å². The summed E-state index contributed by atoms with van der Waals surface area (Å²) in [5.41, 5.74) is 5.64. The van der Waals surface area contributed by atoms with Gasteiger partial charge in [0, 0.05) is 6.07 Å². The predicted molar refractivity (Wildman–Crippen MR) is 40.8 cm³/mol. The van der Waals surface area contributed by atoms with Crippen molar-refractivity contribution >= 4 is 5.91 Å². The largest absolute Gasteiger partial charge is 1.00 e. The van der Waals surface area contributed by atoms with E-state index in [4.69, 9.17) is 5.73 Å². The van der Waals surface area contributed by atoms with Crippen LogP contribution >= 0.6 is 0 Å². The Balaban J connectivity index is 0.00000121. The number of hydrogen-bond donors (Lipinski definition) is 1. The zero-order valence-corrected chi connectivity index (χ0v) is 8.41. The fourth-order valence-corrected chi connectivity index (χ4v) is 0.864. The van der Waals surface area contributed by atoms with Crippen LogP contribution in [0.5, 0.6) is 0 Å². The van der Waals surface area contributed by atoms with Crippen LogP contribution in [0.15, 0.2) is 24.5 Å². The summed E-state index contributed by atoms with van der Waals surface area (Å²) in [5, 5.41) is 0. The Morgan fingerprint density at radius 2 is 2.33 bits per heavy atom. The molecule has 1 amide bonds. The maximum Gasteiger partial charge on any atom is 0.254 e. The predicted octanol–water partition coefficient (Wildman–Crippen LogP) is -2.90. The zero-order chi connectivity index (χ0) is 8.27. The van der Waals surface area contributed by atoms with Gasteiger partial charge in [0.05, 0.1) is 0 Å². The fraction of sp³-hybridized carbons (Fsp3) is 0.250. The first-order valence-electron chi connectivity index (χ1n) is 3.53. The van der Waals surface area contributed by atoms with Crippen LogP contribution in [0.4, 0.5) is 0 Å². The number of pyridine rings is 1. The van der Waals surface area contributed by atoms with Crippen molar-refractivity contribution in [3.8, 4) is 0 Å². The Labute approximate surface area is 82.0 Å². The van der Waals surface area contributed by atoms with E-state index in [-0.39, 0.29) is 22.9 Å². The highest BCUT2D eigenvalue weighted by Gasteiger charge is 2.03. The third kappa shape index (κ3) is 2.62. The van der Waals surface area contributed by atoms with E-state index >= 15 is 0 Å². The van der Waals surface area contributed by atoms with Crippen molar-refractivity contribution in [3.63, 3.8) is 0 Å². The van der Waals surface area contributed by atoms with Gasteiger partial charge in [-0.25, -0.2) is 4.57 Å². The number of aromatic nitrogens is 1. The summed E-state index contributed by atoms with van der Waals surface area (Å²) in [7, 11) is 0. The number of hydrogen-bond acceptors (Lipinski definition) is 1. The van der Waals surface area contributed by atoms with Crippen molar-refractivity contribution < 1.29 is 26.3 Å². The summed E-state index contributed by atoms with van der Waals surface area (Å²) in [5.74, 6) is -0.382. The topological polar surface area (TPSA) is 47.0 Å². The molecule has 0 aromatic carbocycles. The lowest BCUT2D eigenvalue weighted by Gasteiger charge is -1.93. The molecule has 1 aromatic rings. The third-order valence-corrected chi connectivity index (χ3v) is 1.51. The molecule has 12 heavy (non-hydrogen) atoms. The van der Waals surface area contributed by atoms with E-state index in [1.165, 1.54) is 0 Å². The quantitative estimate of drug-likeness (QED) is 0.545. The second kappa shape index (κ2) is 4.87. The molecule has 2 N–H and O–H groups in total. The molecule has 0 fully saturated rings. The molecular weight excluding hydrogens is 220 g/mol. The summed E-state index contributed by atoms with van der Waals surface area (Å²) in [6.07, 6.45) is 3.63. The van der Waals surface area contributed by atoms with E-state index in [0.717, 1.165) is 6.54 Å². The molecule has 4 heteroatoms. The van der Waals surface area contributed by atoms with Gasteiger partial charge in [0.2, 0.25) is 0 Å². The molecular formula is C8H11BrN2O. The van der Waals surface area contributed by atoms with Gasteiger partial charge in [0.15, 0.2) is 12.4 Å². The summed E-state index contributed by atoms with van der Waals surface area (Å²) < 4.78 is 1.90. The van der Waals surface area contributed by atoms with Crippen molar-refractivity contribution in [2.75, 3.05) is 0 Å². The lowest BCUT2D eigenvalue weighted by Crippen LogP contribution is -3.00. The summed E-state index contributed by atoms with van der Waals surface area (Å²) in [4.78, 5) is 10.7. The molecule has 0 atom stereocenters. The van der Waals surface area contributed by atoms with Crippen LogP contribution < -0.4 is 27.3 Å². The number of nitrogens with zero attached hydrogens (tertiary/aromatic N) is 1. The molecule has 1 aromatic heterocycles. The molecule has 0 saturated carbocycles. The molecule has 66 valence electrons. The molecule has 1 heterocycles. The minimum atomic E-state index is -0.382. The van der Waals surface area contributed by atoms with Crippen LogP contribution in [0, 0.1) is 0 Å². The number of aryl methyl sites for hydroxylation is 1. The number of nitrogens with two attached hydrogens (primary N) is 1. The smallest absolute Gasteiger partial charge is 0.254 e. The first kappa shape index (κ1) is 11.1. The Morgan fingerprint density at radius 3 is 2.83 bits per heavy atom. The number of amides is 1. The van der Waals surface area contributed by atoms with Crippen molar-refractivity contribution in [2.45, 2.75) is 13.5 Å². The minimum absolute atomic E-state index is 0. The Hall–Kier alpha value is -0.900. The molecule has 0 radical (unpaired) electrons. The number of halogens is 1. The van der Waals surface area contributed by atoms with E-state index in [0.29, 0.717) is 5.56 Å². The number of carbonyl (C=O) groups is 1. The van der Waals surface area contributed by atoms with E-state index in [1.54, 1.807) is 12.3 Å². The Bertz CT molecular complexity index is 276. The summed E-state index contributed by atoms with van der Waals surface area (Å²) >= 11 is 0. The van der Waals surface area contributed by atoms with Gasteiger partial charge in [-0.15, -0.1) is 0 Å². The highest BCUT2D eigenvalue weighted by Crippen LogP contribution is 1.91. The monoisotopic (exact) mass is 230 g/mol. The van der Waals surface area contributed by atoms with Gasteiger partial charge < -0.3 is 22.7 Å². The summed E-state index contributed by atoms with van der Waals surface area (Å²) in [6, 6.07) is 3.51. The molecule has 0 aliphatic heterocycles. The normalized spacial score (nSPS) is 8.75. The minimum Gasteiger partial charge on any atom is -1.00 e.